The molecule has 2 atom stereocenters. The topological polar surface area (TPSA) is 75.4 Å². The minimum absolute atomic E-state index is 0.0136. The summed E-state index contributed by atoms with van der Waals surface area (Å²) in [4.78, 5) is 26.3. The molecule has 2 aliphatic heterocycles. The van der Waals surface area contributed by atoms with Crippen LogP contribution in [0.25, 0.3) is 11.4 Å². The molecular weight excluding hydrogens is 397 g/mol. The van der Waals surface area contributed by atoms with Crippen LogP contribution in [0, 0.1) is 18.2 Å². The summed E-state index contributed by atoms with van der Waals surface area (Å²) >= 11 is 0. The van der Waals surface area contributed by atoms with Crippen molar-refractivity contribution < 1.29 is 13.7 Å². The molecular formula is C23H24FN5O2. The summed E-state index contributed by atoms with van der Waals surface area (Å²) in [5.41, 5.74) is 2.11. The van der Waals surface area contributed by atoms with Crippen LogP contribution in [0.4, 0.5) is 4.39 Å². The molecule has 2 aliphatic rings. The van der Waals surface area contributed by atoms with Gasteiger partial charge in [-0.15, -0.1) is 0 Å². The Kier molecular flexibility index (Phi) is 4.81. The molecule has 0 saturated carbocycles. The zero-order chi connectivity index (χ0) is 21.6. The Hall–Kier alpha value is -3.13. The van der Waals surface area contributed by atoms with Gasteiger partial charge in [-0.25, -0.2) is 4.39 Å². The summed E-state index contributed by atoms with van der Waals surface area (Å²) in [5.74, 6) is 0.591. The van der Waals surface area contributed by atoms with Crippen LogP contribution in [0.15, 0.2) is 47.2 Å². The van der Waals surface area contributed by atoms with Crippen LogP contribution >= 0.6 is 0 Å². The summed E-state index contributed by atoms with van der Waals surface area (Å²) < 4.78 is 19.0. The first-order valence-corrected chi connectivity index (χ1v) is 10.4. The minimum atomic E-state index is -0.309. The molecule has 0 radical (unpaired) electrons. The Morgan fingerprint density at radius 3 is 2.74 bits per heavy atom. The maximum Gasteiger partial charge on any atom is 0.255 e. The molecule has 1 spiro atoms. The molecule has 8 heteroatoms. The van der Waals surface area contributed by atoms with Crippen molar-refractivity contribution >= 4 is 5.91 Å². The predicted molar refractivity (Wildman–Crippen MR) is 112 cm³/mol. The van der Waals surface area contributed by atoms with Gasteiger partial charge in [0.2, 0.25) is 11.7 Å². The zero-order valence-electron chi connectivity index (χ0n) is 17.6. The van der Waals surface area contributed by atoms with Crippen LogP contribution in [0.5, 0.6) is 0 Å². The molecule has 0 bridgehead atoms. The summed E-state index contributed by atoms with van der Waals surface area (Å²) in [6.07, 6.45) is 4.29. The fourth-order valence-corrected chi connectivity index (χ4v) is 4.94. The Bertz CT molecular complexity index is 1120. The van der Waals surface area contributed by atoms with Crippen molar-refractivity contribution in [1.29, 1.82) is 0 Å². The van der Waals surface area contributed by atoms with E-state index in [1.54, 1.807) is 24.5 Å². The lowest BCUT2D eigenvalue weighted by atomic mass is 9.77. The lowest BCUT2D eigenvalue weighted by Crippen LogP contribution is -2.34. The van der Waals surface area contributed by atoms with Crippen LogP contribution in [0.2, 0.25) is 0 Å². The van der Waals surface area contributed by atoms with E-state index in [0.717, 1.165) is 25.1 Å². The first-order valence-electron chi connectivity index (χ1n) is 10.4. The van der Waals surface area contributed by atoms with Crippen molar-refractivity contribution in [2.75, 3.05) is 33.2 Å². The number of aromatic nitrogens is 3. The highest BCUT2D eigenvalue weighted by Gasteiger charge is 2.53. The van der Waals surface area contributed by atoms with Crippen LogP contribution in [0.3, 0.4) is 0 Å². The number of likely N-dealkylation sites (tertiary alicyclic amines) is 2. The number of carbonyl (C=O) groups excluding carboxylic acids is 1. The van der Waals surface area contributed by atoms with Crippen molar-refractivity contribution in [2.24, 2.45) is 5.41 Å². The number of hydrogen-bond donors (Lipinski definition) is 0. The van der Waals surface area contributed by atoms with Gasteiger partial charge in [0, 0.05) is 43.0 Å². The molecule has 2 fully saturated rings. The third-order valence-electron chi connectivity index (χ3n) is 6.62. The third kappa shape index (κ3) is 3.50. The highest BCUT2D eigenvalue weighted by Crippen LogP contribution is 2.48. The molecule has 5 rings (SSSR count). The van der Waals surface area contributed by atoms with E-state index in [1.165, 1.54) is 12.1 Å². The molecule has 31 heavy (non-hydrogen) atoms. The third-order valence-corrected chi connectivity index (χ3v) is 6.62. The normalized spacial score (nSPS) is 23.7. The summed E-state index contributed by atoms with van der Waals surface area (Å²) in [6.45, 7) is 4.91. The fourth-order valence-electron chi connectivity index (χ4n) is 4.94. The van der Waals surface area contributed by atoms with E-state index in [-0.39, 0.29) is 23.1 Å². The van der Waals surface area contributed by atoms with Crippen molar-refractivity contribution in [3.05, 3.63) is 65.6 Å². The first-order chi connectivity index (χ1) is 14.9. The summed E-state index contributed by atoms with van der Waals surface area (Å²) in [7, 11) is 2.10. The van der Waals surface area contributed by atoms with Crippen LogP contribution in [0.1, 0.15) is 34.2 Å². The molecule has 2 saturated heterocycles. The zero-order valence-corrected chi connectivity index (χ0v) is 17.6. The van der Waals surface area contributed by atoms with E-state index in [4.69, 9.17) is 4.52 Å². The largest absolute Gasteiger partial charge is 0.339 e. The van der Waals surface area contributed by atoms with Crippen LogP contribution in [-0.4, -0.2) is 64.1 Å². The van der Waals surface area contributed by atoms with Crippen molar-refractivity contribution in [3.8, 4) is 11.4 Å². The number of rotatable bonds is 3. The number of halogens is 1. The van der Waals surface area contributed by atoms with E-state index >= 15 is 0 Å². The van der Waals surface area contributed by atoms with E-state index in [1.807, 2.05) is 17.9 Å². The number of carbonyl (C=O) groups is 1. The van der Waals surface area contributed by atoms with Crippen molar-refractivity contribution in [2.45, 2.75) is 19.3 Å². The number of hydrogen-bond acceptors (Lipinski definition) is 6. The van der Waals surface area contributed by atoms with Gasteiger partial charge in [0.1, 0.15) is 5.82 Å². The Balaban J connectivity index is 1.46. The van der Waals surface area contributed by atoms with Gasteiger partial charge in [-0.2, -0.15) is 4.98 Å². The highest BCUT2D eigenvalue weighted by molar-refractivity contribution is 5.95. The van der Waals surface area contributed by atoms with Gasteiger partial charge in [0.25, 0.3) is 5.91 Å². The van der Waals surface area contributed by atoms with Gasteiger partial charge in [-0.1, -0.05) is 5.16 Å². The Labute approximate surface area is 179 Å². The van der Waals surface area contributed by atoms with Crippen molar-refractivity contribution in [3.63, 3.8) is 0 Å². The maximum atomic E-state index is 13.3. The average molecular weight is 421 g/mol. The van der Waals surface area contributed by atoms with Gasteiger partial charge in [-0.05, 0) is 62.8 Å². The first kappa shape index (κ1) is 19.8. The smallest absolute Gasteiger partial charge is 0.255 e. The monoisotopic (exact) mass is 421 g/mol. The lowest BCUT2D eigenvalue weighted by molar-refractivity contribution is 0.0772. The number of pyridine rings is 1. The molecule has 2 unspecified atom stereocenters. The molecule has 0 aliphatic carbocycles. The number of aryl methyl sites for hydroxylation is 1. The molecule has 2 aromatic heterocycles. The molecule has 0 N–H and O–H groups in total. The molecule has 7 nitrogen and oxygen atoms in total. The molecule has 1 aromatic carbocycles. The predicted octanol–water partition coefficient (Wildman–Crippen LogP) is 3.14. The van der Waals surface area contributed by atoms with Gasteiger partial charge >= 0.3 is 0 Å². The van der Waals surface area contributed by atoms with E-state index < -0.39 is 0 Å². The Morgan fingerprint density at radius 1 is 1.23 bits per heavy atom. The van der Waals surface area contributed by atoms with Gasteiger partial charge in [-0.3, -0.25) is 9.78 Å². The summed E-state index contributed by atoms with van der Waals surface area (Å²) in [6, 6.07) is 7.89. The quantitative estimate of drug-likeness (QED) is 0.647. The second-order valence-electron chi connectivity index (χ2n) is 8.74. The van der Waals surface area contributed by atoms with Crippen molar-refractivity contribution in [1.82, 2.24) is 24.9 Å². The second kappa shape index (κ2) is 7.53. The van der Waals surface area contributed by atoms with E-state index in [0.29, 0.717) is 35.9 Å². The van der Waals surface area contributed by atoms with E-state index in [9.17, 15) is 9.18 Å². The number of benzene rings is 1. The van der Waals surface area contributed by atoms with Gasteiger partial charge < -0.3 is 14.3 Å². The second-order valence-corrected chi connectivity index (χ2v) is 8.74. The van der Waals surface area contributed by atoms with Crippen LogP contribution < -0.4 is 0 Å². The Morgan fingerprint density at radius 2 is 2.03 bits per heavy atom. The van der Waals surface area contributed by atoms with Crippen LogP contribution in [-0.2, 0) is 0 Å². The number of nitrogens with zero attached hydrogens (tertiary/aromatic N) is 5. The number of amides is 1. The standard InChI is InChI=1S/C23H24FN5O2/c1-15-7-9-25-11-18(15)22(30)29-12-19(23(14-29)8-10-28(2)13-23)21-26-20(27-31-21)16-3-5-17(24)6-4-16/h3-7,9,11,19H,8,10,12-14H2,1-2H3. The molecule has 4 heterocycles. The molecule has 1 amide bonds. The average Bonchev–Trinajstić information content (AvgIpc) is 3.48. The fraction of sp³-hybridized carbons (Fsp3) is 0.391. The summed E-state index contributed by atoms with van der Waals surface area (Å²) in [5, 5.41) is 4.14. The maximum absolute atomic E-state index is 13.3. The minimum Gasteiger partial charge on any atom is -0.339 e. The molecule has 160 valence electrons. The lowest BCUT2D eigenvalue weighted by Gasteiger charge is -2.27. The van der Waals surface area contributed by atoms with Gasteiger partial charge in [0.15, 0.2) is 0 Å². The van der Waals surface area contributed by atoms with Gasteiger partial charge in [0.05, 0.1) is 11.5 Å². The van der Waals surface area contributed by atoms with E-state index in [2.05, 4.69) is 27.1 Å². The molecule has 3 aromatic rings. The highest BCUT2D eigenvalue weighted by atomic mass is 19.1. The SMILES string of the molecule is Cc1ccncc1C(=O)N1CC(c2nc(-c3ccc(F)cc3)no2)C2(CCN(C)C2)C1.